The van der Waals surface area contributed by atoms with E-state index in [0.717, 1.165) is 36.3 Å². The summed E-state index contributed by atoms with van der Waals surface area (Å²) in [6, 6.07) is 5.67. The van der Waals surface area contributed by atoms with Crippen LogP contribution < -0.4 is 14.8 Å². The Kier molecular flexibility index (Phi) is 5.11. The maximum Gasteiger partial charge on any atom is 0.151 e. The molecule has 2 unspecified atom stereocenters. The Hall–Kier alpha value is -1.27. The minimum absolute atomic E-state index is 0.0202. The van der Waals surface area contributed by atoms with Gasteiger partial charge in [-0.25, -0.2) is 8.42 Å². The molecule has 6 heteroatoms. The second-order valence-electron chi connectivity index (χ2n) is 5.46. The fourth-order valence-electron chi connectivity index (χ4n) is 2.91. The van der Waals surface area contributed by atoms with Crippen LogP contribution in [0.1, 0.15) is 24.8 Å². The van der Waals surface area contributed by atoms with Crippen molar-refractivity contribution in [3.63, 3.8) is 0 Å². The van der Waals surface area contributed by atoms with Gasteiger partial charge in [0.25, 0.3) is 0 Å². The Morgan fingerprint density at radius 1 is 1.24 bits per heavy atom. The van der Waals surface area contributed by atoms with Crippen molar-refractivity contribution in [2.45, 2.75) is 37.1 Å². The van der Waals surface area contributed by atoms with Gasteiger partial charge < -0.3 is 14.8 Å². The number of hydrogen-bond donors (Lipinski definition) is 1. The Morgan fingerprint density at radius 2 is 2.00 bits per heavy atom. The predicted molar refractivity (Wildman–Crippen MR) is 82.7 cm³/mol. The van der Waals surface area contributed by atoms with Crippen LogP contribution in [-0.4, -0.2) is 40.2 Å². The number of hydrogen-bond acceptors (Lipinski definition) is 5. The van der Waals surface area contributed by atoms with E-state index in [1.165, 1.54) is 6.26 Å². The van der Waals surface area contributed by atoms with Crippen molar-refractivity contribution < 1.29 is 17.9 Å². The Balaban J connectivity index is 2.06. The fraction of sp³-hybridized carbons (Fsp3) is 0.600. The third-order valence-electron chi connectivity index (χ3n) is 4.05. The zero-order valence-electron chi connectivity index (χ0n) is 12.8. The van der Waals surface area contributed by atoms with Gasteiger partial charge in [0.05, 0.1) is 19.5 Å². The topological polar surface area (TPSA) is 64.6 Å². The number of sulfone groups is 1. The molecule has 1 aliphatic rings. The molecule has 0 heterocycles. The average molecular weight is 313 g/mol. The summed E-state index contributed by atoms with van der Waals surface area (Å²) in [7, 11) is 0.235. The predicted octanol–water partition coefficient (Wildman–Crippen LogP) is 1.76. The molecular weight excluding hydrogens is 290 g/mol. The molecule has 21 heavy (non-hydrogen) atoms. The van der Waals surface area contributed by atoms with Gasteiger partial charge in [-0.3, -0.25) is 0 Å². The van der Waals surface area contributed by atoms with Crippen LogP contribution in [0.25, 0.3) is 0 Å². The highest BCUT2D eigenvalue weighted by Gasteiger charge is 2.34. The summed E-state index contributed by atoms with van der Waals surface area (Å²) in [5.74, 6) is 1.49. The molecule has 1 aliphatic carbocycles. The van der Waals surface area contributed by atoms with Crippen LogP contribution in [0, 0.1) is 0 Å². The molecule has 0 spiro atoms. The number of methoxy groups -OCH3 is 2. The lowest BCUT2D eigenvalue weighted by Gasteiger charge is -2.20. The van der Waals surface area contributed by atoms with E-state index in [-0.39, 0.29) is 11.3 Å². The van der Waals surface area contributed by atoms with Crippen LogP contribution in [0.5, 0.6) is 11.5 Å². The SMILES string of the molecule is COc1ccc(CNC2CCCC2S(C)(=O)=O)c(OC)c1. The summed E-state index contributed by atoms with van der Waals surface area (Å²) in [6.07, 6.45) is 3.92. The number of benzene rings is 1. The maximum atomic E-state index is 11.8. The highest BCUT2D eigenvalue weighted by Crippen LogP contribution is 2.27. The molecule has 5 nitrogen and oxygen atoms in total. The van der Waals surface area contributed by atoms with Gasteiger partial charge in [-0.2, -0.15) is 0 Å². The van der Waals surface area contributed by atoms with Gasteiger partial charge in [0, 0.05) is 30.5 Å². The number of ether oxygens (including phenoxy) is 2. The summed E-state index contributed by atoms with van der Waals surface area (Å²) in [4.78, 5) is 0. The van der Waals surface area contributed by atoms with E-state index >= 15 is 0 Å². The molecule has 0 amide bonds. The molecule has 1 fully saturated rings. The van der Waals surface area contributed by atoms with Crippen LogP contribution in [0.4, 0.5) is 0 Å². The van der Waals surface area contributed by atoms with E-state index in [2.05, 4.69) is 5.32 Å². The van der Waals surface area contributed by atoms with Crippen LogP contribution in [0.3, 0.4) is 0 Å². The molecule has 1 aromatic rings. The van der Waals surface area contributed by atoms with Gasteiger partial charge in [0.2, 0.25) is 0 Å². The third-order valence-corrected chi connectivity index (χ3v) is 5.72. The van der Waals surface area contributed by atoms with Crippen molar-refractivity contribution in [3.8, 4) is 11.5 Å². The van der Waals surface area contributed by atoms with Crippen molar-refractivity contribution in [1.82, 2.24) is 5.32 Å². The van der Waals surface area contributed by atoms with Gasteiger partial charge in [0.15, 0.2) is 9.84 Å². The zero-order valence-corrected chi connectivity index (χ0v) is 13.6. The third kappa shape index (κ3) is 3.89. The quantitative estimate of drug-likeness (QED) is 0.867. The summed E-state index contributed by atoms with van der Waals surface area (Å²) in [5, 5.41) is 3.09. The second kappa shape index (κ2) is 6.66. The van der Waals surface area contributed by atoms with E-state index in [4.69, 9.17) is 9.47 Å². The normalized spacial score (nSPS) is 22.2. The molecule has 0 aliphatic heterocycles. The molecule has 0 bridgehead atoms. The van der Waals surface area contributed by atoms with Crippen molar-refractivity contribution in [1.29, 1.82) is 0 Å². The highest BCUT2D eigenvalue weighted by atomic mass is 32.2. The van der Waals surface area contributed by atoms with Gasteiger partial charge in [-0.15, -0.1) is 0 Å². The van der Waals surface area contributed by atoms with Crippen molar-refractivity contribution >= 4 is 9.84 Å². The lowest BCUT2D eigenvalue weighted by Crippen LogP contribution is -2.39. The molecule has 0 aromatic heterocycles. The molecule has 2 rings (SSSR count). The van der Waals surface area contributed by atoms with E-state index in [1.807, 2.05) is 18.2 Å². The van der Waals surface area contributed by atoms with Crippen LogP contribution in [-0.2, 0) is 16.4 Å². The van der Waals surface area contributed by atoms with Crippen molar-refractivity contribution in [3.05, 3.63) is 23.8 Å². The highest BCUT2D eigenvalue weighted by molar-refractivity contribution is 7.91. The van der Waals surface area contributed by atoms with Crippen molar-refractivity contribution in [2.75, 3.05) is 20.5 Å². The minimum atomic E-state index is -3.00. The Morgan fingerprint density at radius 3 is 2.62 bits per heavy atom. The standard InChI is InChI=1S/C15H23NO4S/c1-19-12-8-7-11(14(9-12)20-2)10-16-13-5-4-6-15(13)21(3,17)18/h7-9,13,15-16H,4-6,10H2,1-3H3. The lowest BCUT2D eigenvalue weighted by molar-refractivity contribution is 0.388. The molecule has 0 radical (unpaired) electrons. The van der Waals surface area contributed by atoms with Crippen LogP contribution in [0.2, 0.25) is 0 Å². The molecule has 0 saturated heterocycles. The Bertz CT molecular complexity index is 585. The molecule has 118 valence electrons. The molecule has 2 atom stereocenters. The first-order chi connectivity index (χ1) is 9.95. The lowest BCUT2D eigenvalue weighted by atomic mass is 10.1. The first kappa shape index (κ1) is 16.1. The smallest absolute Gasteiger partial charge is 0.151 e. The monoisotopic (exact) mass is 313 g/mol. The largest absolute Gasteiger partial charge is 0.497 e. The van der Waals surface area contributed by atoms with E-state index < -0.39 is 9.84 Å². The minimum Gasteiger partial charge on any atom is -0.497 e. The van der Waals surface area contributed by atoms with E-state index in [0.29, 0.717) is 6.54 Å². The molecular formula is C15H23NO4S. The first-order valence-corrected chi connectivity index (χ1v) is 9.04. The second-order valence-corrected chi connectivity index (χ2v) is 7.73. The molecule has 1 saturated carbocycles. The first-order valence-electron chi connectivity index (χ1n) is 7.09. The van der Waals surface area contributed by atoms with Crippen LogP contribution in [0.15, 0.2) is 18.2 Å². The molecule has 1 aromatic carbocycles. The maximum absolute atomic E-state index is 11.8. The summed E-state index contributed by atoms with van der Waals surface area (Å²) < 4.78 is 34.1. The fourth-order valence-corrected chi connectivity index (χ4v) is 4.33. The summed E-state index contributed by atoms with van der Waals surface area (Å²) >= 11 is 0. The number of nitrogens with one attached hydrogen (secondary N) is 1. The number of rotatable bonds is 6. The summed E-state index contributed by atoms with van der Waals surface area (Å²) in [5.41, 5.74) is 0.998. The van der Waals surface area contributed by atoms with Gasteiger partial charge in [-0.05, 0) is 18.9 Å². The van der Waals surface area contributed by atoms with Crippen molar-refractivity contribution in [2.24, 2.45) is 0 Å². The van der Waals surface area contributed by atoms with E-state index in [9.17, 15) is 8.42 Å². The summed E-state index contributed by atoms with van der Waals surface area (Å²) in [6.45, 7) is 0.587. The van der Waals surface area contributed by atoms with Gasteiger partial charge in [0.1, 0.15) is 11.5 Å². The van der Waals surface area contributed by atoms with Crippen LogP contribution >= 0.6 is 0 Å². The zero-order chi connectivity index (χ0) is 15.5. The Labute approximate surface area is 126 Å². The van der Waals surface area contributed by atoms with Gasteiger partial charge >= 0.3 is 0 Å². The van der Waals surface area contributed by atoms with E-state index in [1.54, 1.807) is 14.2 Å². The van der Waals surface area contributed by atoms with Gasteiger partial charge in [-0.1, -0.05) is 12.5 Å². The molecule has 1 N–H and O–H groups in total. The average Bonchev–Trinajstić information content (AvgIpc) is 2.93.